The molecule has 108 valence electrons. The zero-order valence-corrected chi connectivity index (χ0v) is 11.6. The lowest BCUT2D eigenvalue weighted by Gasteiger charge is -2.05. The zero-order valence-electron chi connectivity index (χ0n) is 10.7. The number of nitrogens with one attached hydrogen (secondary N) is 1. The Bertz CT molecular complexity index is 679. The Balaban J connectivity index is 1.94. The molecule has 1 aromatic carbocycles. The second-order valence-electron chi connectivity index (χ2n) is 4.32. The van der Waals surface area contributed by atoms with Crippen LogP contribution in [0.25, 0.3) is 0 Å². The molecule has 4 N–H and O–H groups in total. The average molecular weight is 296 g/mol. The van der Waals surface area contributed by atoms with Gasteiger partial charge in [-0.15, -0.1) is 0 Å². The Hall–Kier alpha value is -1.67. The molecule has 2 rings (SSSR count). The van der Waals surface area contributed by atoms with Gasteiger partial charge in [0.2, 0.25) is 10.0 Å². The molecule has 0 spiro atoms. The summed E-state index contributed by atoms with van der Waals surface area (Å²) in [7, 11) is -3.68. The summed E-state index contributed by atoms with van der Waals surface area (Å²) in [5.74, 6) is 1.22. The van der Waals surface area contributed by atoms with Crippen molar-refractivity contribution in [1.82, 2.24) is 5.32 Å². The Labute approximate surface area is 117 Å². The molecule has 0 aliphatic carbocycles. The summed E-state index contributed by atoms with van der Waals surface area (Å²) in [6.45, 7) is 0.842. The van der Waals surface area contributed by atoms with Gasteiger partial charge in [0, 0.05) is 6.54 Å². The zero-order chi connectivity index (χ0) is 14.6. The lowest BCUT2D eigenvalue weighted by atomic mass is 10.2. The number of aliphatic hydroxyl groups is 1. The van der Waals surface area contributed by atoms with Crippen molar-refractivity contribution in [3.05, 3.63) is 53.5 Å². The Morgan fingerprint density at radius 3 is 2.55 bits per heavy atom. The molecule has 0 saturated carbocycles. The second kappa shape index (κ2) is 6.19. The number of rotatable bonds is 6. The normalized spacial score (nSPS) is 11.7. The van der Waals surface area contributed by atoms with E-state index in [0.717, 1.165) is 5.56 Å². The average Bonchev–Trinajstić information content (AvgIpc) is 2.86. The van der Waals surface area contributed by atoms with Crippen molar-refractivity contribution in [1.29, 1.82) is 0 Å². The van der Waals surface area contributed by atoms with Crippen molar-refractivity contribution in [2.75, 3.05) is 0 Å². The molecule has 0 atom stereocenters. The number of hydrogen-bond acceptors (Lipinski definition) is 5. The van der Waals surface area contributed by atoms with Crippen molar-refractivity contribution in [3.63, 3.8) is 0 Å². The first-order valence-electron chi connectivity index (χ1n) is 6.00. The van der Waals surface area contributed by atoms with Crippen LogP contribution in [0.5, 0.6) is 0 Å². The number of nitrogens with two attached hydrogens (primary N) is 1. The van der Waals surface area contributed by atoms with Gasteiger partial charge in [0.15, 0.2) is 0 Å². The molecule has 0 amide bonds. The van der Waals surface area contributed by atoms with E-state index in [4.69, 9.17) is 14.7 Å². The molecule has 0 unspecified atom stereocenters. The Kier molecular flexibility index (Phi) is 4.56. The maximum absolute atomic E-state index is 11.2. The summed E-state index contributed by atoms with van der Waals surface area (Å²) >= 11 is 0. The van der Waals surface area contributed by atoms with Gasteiger partial charge in [0.1, 0.15) is 18.1 Å². The van der Waals surface area contributed by atoms with Crippen LogP contribution in [-0.2, 0) is 29.7 Å². The van der Waals surface area contributed by atoms with Gasteiger partial charge in [-0.3, -0.25) is 0 Å². The van der Waals surface area contributed by atoms with E-state index >= 15 is 0 Å². The smallest absolute Gasteiger partial charge is 0.238 e. The maximum atomic E-state index is 11.2. The molecule has 0 aliphatic rings. The van der Waals surface area contributed by atoms with E-state index in [0.29, 0.717) is 24.6 Å². The molecule has 0 bridgehead atoms. The molecule has 0 fully saturated rings. The van der Waals surface area contributed by atoms with Gasteiger partial charge in [0.25, 0.3) is 0 Å². The lowest BCUT2D eigenvalue weighted by Crippen LogP contribution is -2.15. The highest BCUT2D eigenvalue weighted by Crippen LogP contribution is 2.11. The first-order chi connectivity index (χ1) is 9.49. The summed E-state index contributed by atoms with van der Waals surface area (Å²) in [6.07, 6.45) is 0. The fourth-order valence-electron chi connectivity index (χ4n) is 1.76. The van der Waals surface area contributed by atoms with Crippen LogP contribution in [0.2, 0.25) is 0 Å². The van der Waals surface area contributed by atoms with Gasteiger partial charge in [-0.1, -0.05) is 12.1 Å². The van der Waals surface area contributed by atoms with Gasteiger partial charge in [-0.25, -0.2) is 13.6 Å². The standard InChI is InChI=1S/C13H16N2O4S/c14-20(17,18)13-3-1-2-10(6-13)7-15-8-11-4-5-12(9-16)19-11/h1-6,15-16H,7-9H2,(H2,14,17,18). The van der Waals surface area contributed by atoms with Gasteiger partial charge in [-0.05, 0) is 29.8 Å². The van der Waals surface area contributed by atoms with E-state index in [9.17, 15) is 8.42 Å². The minimum atomic E-state index is -3.68. The van der Waals surface area contributed by atoms with Crippen molar-refractivity contribution < 1.29 is 17.9 Å². The number of benzene rings is 1. The summed E-state index contributed by atoms with van der Waals surface area (Å²) in [5.41, 5.74) is 0.811. The quantitative estimate of drug-likeness (QED) is 0.728. The molecular formula is C13H16N2O4S. The van der Waals surface area contributed by atoms with Crippen molar-refractivity contribution in [3.8, 4) is 0 Å². The van der Waals surface area contributed by atoms with Crippen molar-refractivity contribution >= 4 is 10.0 Å². The highest BCUT2D eigenvalue weighted by atomic mass is 32.2. The minimum absolute atomic E-state index is 0.0948. The predicted octanol–water partition coefficient (Wildman–Crippen LogP) is 0.709. The van der Waals surface area contributed by atoms with Crippen LogP contribution in [0.15, 0.2) is 45.7 Å². The summed E-state index contributed by atoms with van der Waals surface area (Å²) in [6, 6.07) is 9.93. The highest BCUT2D eigenvalue weighted by Gasteiger charge is 2.07. The van der Waals surface area contributed by atoms with Crippen LogP contribution in [0.4, 0.5) is 0 Å². The van der Waals surface area contributed by atoms with Crippen LogP contribution in [0.3, 0.4) is 0 Å². The summed E-state index contributed by atoms with van der Waals surface area (Å²) in [4.78, 5) is 0.0948. The second-order valence-corrected chi connectivity index (χ2v) is 5.88. The number of primary sulfonamides is 1. The predicted molar refractivity (Wildman–Crippen MR) is 73.0 cm³/mol. The third kappa shape index (κ3) is 3.91. The van der Waals surface area contributed by atoms with Crippen LogP contribution in [0.1, 0.15) is 17.1 Å². The fraction of sp³-hybridized carbons (Fsp3) is 0.231. The first kappa shape index (κ1) is 14.7. The number of furan rings is 1. The molecule has 0 aliphatic heterocycles. The van der Waals surface area contributed by atoms with E-state index in [-0.39, 0.29) is 11.5 Å². The van der Waals surface area contributed by atoms with E-state index in [1.54, 1.807) is 18.2 Å². The van der Waals surface area contributed by atoms with Gasteiger partial charge in [-0.2, -0.15) is 0 Å². The van der Waals surface area contributed by atoms with Crippen molar-refractivity contribution in [2.24, 2.45) is 5.14 Å². The van der Waals surface area contributed by atoms with E-state index < -0.39 is 10.0 Å². The van der Waals surface area contributed by atoms with E-state index in [1.165, 1.54) is 12.1 Å². The first-order valence-corrected chi connectivity index (χ1v) is 7.54. The molecule has 7 heteroatoms. The summed E-state index contributed by atoms with van der Waals surface area (Å²) < 4.78 is 27.8. The lowest BCUT2D eigenvalue weighted by molar-refractivity contribution is 0.242. The Morgan fingerprint density at radius 1 is 1.15 bits per heavy atom. The molecular weight excluding hydrogens is 280 g/mol. The molecule has 1 heterocycles. The van der Waals surface area contributed by atoms with Gasteiger partial charge in [0.05, 0.1) is 11.4 Å². The van der Waals surface area contributed by atoms with E-state index in [1.807, 2.05) is 6.07 Å². The third-order valence-electron chi connectivity index (χ3n) is 2.73. The summed E-state index contributed by atoms with van der Waals surface area (Å²) in [5, 5.41) is 17.1. The topological polar surface area (TPSA) is 106 Å². The number of hydrogen-bond donors (Lipinski definition) is 3. The molecule has 0 radical (unpaired) electrons. The molecule has 2 aromatic rings. The SMILES string of the molecule is NS(=O)(=O)c1cccc(CNCc2ccc(CO)o2)c1. The number of sulfonamides is 1. The van der Waals surface area contributed by atoms with E-state index in [2.05, 4.69) is 5.32 Å². The molecule has 1 aromatic heterocycles. The maximum Gasteiger partial charge on any atom is 0.238 e. The molecule has 0 saturated heterocycles. The third-order valence-corrected chi connectivity index (χ3v) is 3.64. The minimum Gasteiger partial charge on any atom is -0.462 e. The van der Waals surface area contributed by atoms with Crippen LogP contribution < -0.4 is 10.5 Å². The Morgan fingerprint density at radius 2 is 1.90 bits per heavy atom. The van der Waals surface area contributed by atoms with Gasteiger partial charge >= 0.3 is 0 Å². The largest absolute Gasteiger partial charge is 0.462 e. The molecule has 20 heavy (non-hydrogen) atoms. The monoisotopic (exact) mass is 296 g/mol. The number of aliphatic hydroxyl groups excluding tert-OH is 1. The molecule has 6 nitrogen and oxygen atoms in total. The van der Waals surface area contributed by atoms with Crippen LogP contribution in [0, 0.1) is 0 Å². The fourth-order valence-corrected chi connectivity index (χ4v) is 2.35. The van der Waals surface area contributed by atoms with Crippen LogP contribution in [-0.4, -0.2) is 13.5 Å². The highest BCUT2D eigenvalue weighted by molar-refractivity contribution is 7.89. The van der Waals surface area contributed by atoms with Crippen molar-refractivity contribution in [2.45, 2.75) is 24.6 Å². The van der Waals surface area contributed by atoms with Gasteiger partial charge < -0.3 is 14.8 Å². The van der Waals surface area contributed by atoms with Crippen LogP contribution >= 0.6 is 0 Å².